The second-order valence-electron chi connectivity index (χ2n) is 2.37. The van der Waals surface area contributed by atoms with E-state index in [-0.39, 0.29) is 5.78 Å². The molecule has 0 aromatic heterocycles. The van der Waals surface area contributed by atoms with E-state index in [4.69, 9.17) is 0 Å². The van der Waals surface area contributed by atoms with Gasteiger partial charge in [0, 0.05) is 6.42 Å². The molecular formula is C12H18O2. The first-order valence-electron chi connectivity index (χ1n) is 4.61. The fraction of sp³-hybridized carbons (Fsp3) is 0.333. The molecule has 0 aromatic rings. The van der Waals surface area contributed by atoms with Gasteiger partial charge in [-0.1, -0.05) is 31.2 Å². The van der Waals surface area contributed by atoms with Crippen LogP contribution in [-0.2, 0) is 9.59 Å². The molecule has 0 fully saturated rings. The van der Waals surface area contributed by atoms with E-state index < -0.39 is 0 Å². The van der Waals surface area contributed by atoms with Gasteiger partial charge in [0.2, 0.25) is 0 Å². The lowest BCUT2D eigenvalue weighted by Gasteiger charge is -1.78. The van der Waals surface area contributed by atoms with Gasteiger partial charge in [-0.3, -0.25) is 9.59 Å². The molecule has 0 spiro atoms. The minimum absolute atomic E-state index is 0.197. The number of ketones is 1. The van der Waals surface area contributed by atoms with Gasteiger partial charge >= 0.3 is 0 Å². The van der Waals surface area contributed by atoms with Crippen LogP contribution < -0.4 is 0 Å². The van der Waals surface area contributed by atoms with Crippen LogP contribution in [0.3, 0.4) is 0 Å². The van der Waals surface area contributed by atoms with Crippen LogP contribution in [0.1, 0.15) is 27.2 Å². The van der Waals surface area contributed by atoms with Crippen molar-refractivity contribution in [3.63, 3.8) is 0 Å². The Hall–Kier alpha value is -1.44. The van der Waals surface area contributed by atoms with Crippen LogP contribution in [0.2, 0.25) is 0 Å². The Morgan fingerprint density at radius 2 is 1.71 bits per heavy atom. The Labute approximate surface area is 86.0 Å². The van der Waals surface area contributed by atoms with Crippen LogP contribution in [0, 0.1) is 0 Å². The molecule has 0 aliphatic carbocycles. The molecule has 0 heterocycles. The lowest BCUT2D eigenvalue weighted by Crippen LogP contribution is -1.84. The van der Waals surface area contributed by atoms with Crippen molar-refractivity contribution in [1.82, 2.24) is 0 Å². The minimum Gasteiger partial charge on any atom is -0.299 e. The van der Waals surface area contributed by atoms with Crippen molar-refractivity contribution < 1.29 is 9.59 Å². The Morgan fingerprint density at radius 1 is 1.07 bits per heavy atom. The van der Waals surface area contributed by atoms with Gasteiger partial charge in [-0.2, -0.15) is 0 Å². The third kappa shape index (κ3) is 16.9. The van der Waals surface area contributed by atoms with Crippen molar-refractivity contribution in [2.75, 3.05) is 0 Å². The van der Waals surface area contributed by atoms with Gasteiger partial charge < -0.3 is 0 Å². The van der Waals surface area contributed by atoms with Crippen molar-refractivity contribution in [3.8, 4) is 0 Å². The number of hydrogen-bond acceptors (Lipinski definition) is 2. The number of hydrogen-bond donors (Lipinski definition) is 0. The van der Waals surface area contributed by atoms with Crippen molar-refractivity contribution in [2.45, 2.75) is 27.2 Å². The predicted octanol–water partition coefficient (Wildman–Crippen LogP) is 2.86. The molecule has 0 N–H and O–H groups in total. The summed E-state index contributed by atoms with van der Waals surface area (Å²) >= 11 is 0. The zero-order valence-corrected chi connectivity index (χ0v) is 9.07. The van der Waals surface area contributed by atoms with E-state index >= 15 is 0 Å². The molecule has 0 rings (SSSR count). The van der Waals surface area contributed by atoms with Crippen LogP contribution in [-0.4, -0.2) is 12.1 Å². The molecule has 0 aliphatic heterocycles. The van der Waals surface area contributed by atoms with Crippen molar-refractivity contribution >= 4 is 12.1 Å². The summed E-state index contributed by atoms with van der Waals surface area (Å²) in [6.45, 7) is 5.59. The third-order valence-electron chi connectivity index (χ3n) is 1.19. The number of aldehydes is 1. The Bertz CT molecular complexity index is 222. The quantitative estimate of drug-likeness (QED) is 0.392. The molecule has 0 aliphatic rings. The van der Waals surface area contributed by atoms with Crippen molar-refractivity contribution in [2.24, 2.45) is 0 Å². The highest BCUT2D eigenvalue weighted by Crippen LogP contribution is 1.80. The average Bonchev–Trinajstić information content (AvgIpc) is 2.20. The molecule has 0 radical (unpaired) electrons. The topological polar surface area (TPSA) is 34.1 Å². The van der Waals surface area contributed by atoms with Crippen molar-refractivity contribution in [3.05, 3.63) is 36.5 Å². The zero-order chi connectivity index (χ0) is 11.2. The lowest BCUT2D eigenvalue weighted by molar-refractivity contribution is -0.114. The van der Waals surface area contributed by atoms with Crippen LogP contribution in [0.5, 0.6) is 0 Å². The Kier molecular flexibility index (Phi) is 15.2. The van der Waals surface area contributed by atoms with Gasteiger partial charge in [-0.15, -0.1) is 0 Å². The molecule has 0 amide bonds. The van der Waals surface area contributed by atoms with Crippen LogP contribution in [0.4, 0.5) is 0 Å². The summed E-state index contributed by atoms with van der Waals surface area (Å²) in [4.78, 5) is 19.9. The standard InChI is InChI=1S/C6H10O.C6H8O/c1-3-5-6(7)4-2;1-2-3-4-5-6-7/h3,5H,4H2,1-2H3;2-6H,1H3. The summed E-state index contributed by atoms with van der Waals surface area (Å²) in [5.74, 6) is 0.197. The molecular weight excluding hydrogens is 176 g/mol. The number of carbonyl (C=O) groups excluding carboxylic acids is 2. The highest BCUT2D eigenvalue weighted by Gasteiger charge is 1.83. The van der Waals surface area contributed by atoms with Gasteiger partial charge in [0.15, 0.2) is 5.78 Å². The number of rotatable bonds is 4. The fourth-order valence-electron chi connectivity index (χ4n) is 0.524. The molecule has 78 valence electrons. The second-order valence-corrected chi connectivity index (χ2v) is 2.37. The molecule has 2 nitrogen and oxygen atoms in total. The number of allylic oxidation sites excluding steroid dienone is 6. The first-order valence-corrected chi connectivity index (χ1v) is 4.61. The van der Waals surface area contributed by atoms with Gasteiger partial charge in [-0.25, -0.2) is 0 Å². The second kappa shape index (κ2) is 14.1. The molecule has 0 aromatic carbocycles. The normalized spacial score (nSPS) is 10.5. The molecule has 14 heavy (non-hydrogen) atoms. The third-order valence-corrected chi connectivity index (χ3v) is 1.19. The molecule has 0 atom stereocenters. The van der Waals surface area contributed by atoms with E-state index in [2.05, 4.69) is 0 Å². The maximum atomic E-state index is 10.3. The van der Waals surface area contributed by atoms with Gasteiger partial charge in [-0.05, 0) is 26.0 Å². The Balaban J connectivity index is 0. The zero-order valence-electron chi connectivity index (χ0n) is 9.07. The first kappa shape index (κ1) is 15.1. The van der Waals surface area contributed by atoms with Gasteiger partial charge in [0.05, 0.1) is 0 Å². The van der Waals surface area contributed by atoms with E-state index in [0.717, 1.165) is 6.29 Å². The Morgan fingerprint density at radius 3 is 2.00 bits per heavy atom. The van der Waals surface area contributed by atoms with Crippen LogP contribution >= 0.6 is 0 Å². The van der Waals surface area contributed by atoms with Gasteiger partial charge in [0.25, 0.3) is 0 Å². The SMILES string of the molecule is CC=CC(=O)CC.CC=CC=CC=O. The largest absolute Gasteiger partial charge is 0.299 e. The lowest BCUT2D eigenvalue weighted by atomic mass is 10.3. The molecule has 0 unspecified atom stereocenters. The molecule has 0 bridgehead atoms. The fourth-order valence-corrected chi connectivity index (χ4v) is 0.524. The van der Waals surface area contributed by atoms with E-state index in [1.807, 2.05) is 26.8 Å². The summed E-state index contributed by atoms with van der Waals surface area (Å²) in [7, 11) is 0. The first-order chi connectivity index (χ1) is 6.72. The summed E-state index contributed by atoms with van der Waals surface area (Å²) in [6, 6.07) is 0. The summed E-state index contributed by atoms with van der Waals surface area (Å²) in [5, 5.41) is 0. The van der Waals surface area contributed by atoms with Crippen LogP contribution in [0.15, 0.2) is 36.5 Å². The van der Waals surface area contributed by atoms with E-state index in [9.17, 15) is 9.59 Å². The smallest absolute Gasteiger partial charge is 0.155 e. The van der Waals surface area contributed by atoms with Crippen LogP contribution in [0.25, 0.3) is 0 Å². The highest BCUT2D eigenvalue weighted by molar-refractivity contribution is 5.89. The van der Waals surface area contributed by atoms with E-state index in [1.165, 1.54) is 6.08 Å². The molecule has 0 saturated heterocycles. The van der Waals surface area contributed by atoms with E-state index in [0.29, 0.717) is 6.42 Å². The average molecular weight is 194 g/mol. The maximum Gasteiger partial charge on any atom is 0.155 e. The van der Waals surface area contributed by atoms with Gasteiger partial charge in [0.1, 0.15) is 6.29 Å². The monoisotopic (exact) mass is 194 g/mol. The highest BCUT2D eigenvalue weighted by atomic mass is 16.1. The summed E-state index contributed by atoms with van der Waals surface area (Å²) in [5.41, 5.74) is 0. The summed E-state index contributed by atoms with van der Waals surface area (Å²) in [6.07, 6.45) is 11.5. The molecule has 2 heteroatoms. The molecule has 0 saturated carbocycles. The maximum absolute atomic E-state index is 10.3. The minimum atomic E-state index is 0.197. The predicted molar refractivity (Wildman–Crippen MR) is 60.1 cm³/mol. The van der Waals surface area contributed by atoms with E-state index in [1.54, 1.807) is 24.3 Å². The number of carbonyl (C=O) groups is 2. The summed E-state index contributed by atoms with van der Waals surface area (Å²) < 4.78 is 0. The van der Waals surface area contributed by atoms with Crippen molar-refractivity contribution in [1.29, 1.82) is 0 Å².